The molecule has 0 saturated heterocycles. The molecule has 2 rings (SSSR count). The zero-order chi connectivity index (χ0) is 11.6. The number of hydrogen-bond acceptors (Lipinski definition) is 3. The van der Waals surface area contributed by atoms with Crippen molar-refractivity contribution in [1.29, 1.82) is 0 Å². The van der Waals surface area contributed by atoms with E-state index in [1.54, 1.807) is 0 Å². The van der Waals surface area contributed by atoms with Gasteiger partial charge in [0, 0.05) is 17.8 Å². The zero-order valence-electron chi connectivity index (χ0n) is 10.8. The first kappa shape index (κ1) is 12.3. The quantitative estimate of drug-likeness (QED) is 0.799. The Hall–Kier alpha value is -0.180. The number of amidine groups is 1. The van der Waals surface area contributed by atoms with E-state index in [-0.39, 0.29) is 5.54 Å². The minimum absolute atomic E-state index is 0.187. The average molecular weight is 240 g/mol. The van der Waals surface area contributed by atoms with Crippen LogP contribution in [0.4, 0.5) is 0 Å². The SMILES string of the molecule is CCC(C)(C)NC1=NCC2(CCCC2)CS1. The predicted molar refractivity (Wildman–Crippen MR) is 73.2 cm³/mol. The molecule has 1 aliphatic carbocycles. The van der Waals surface area contributed by atoms with Gasteiger partial charge in [-0.3, -0.25) is 4.99 Å². The summed E-state index contributed by atoms with van der Waals surface area (Å²) < 4.78 is 0. The van der Waals surface area contributed by atoms with E-state index in [9.17, 15) is 0 Å². The third-order valence-corrected chi connectivity index (χ3v) is 5.33. The molecule has 0 aromatic heterocycles. The largest absolute Gasteiger partial charge is 0.360 e. The minimum atomic E-state index is 0.187. The molecular weight excluding hydrogens is 216 g/mol. The van der Waals surface area contributed by atoms with Crippen molar-refractivity contribution in [3.05, 3.63) is 0 Å². The van der Waals surface area contributed by atoms with Crippen LogP contribution in [0, 0.1) is 5.41 Å². The molecule has 2 nitrogen and oxygen atoms in total. The highest BCUT2D eigenvalue weighted by Gasteiger charge is 2.36. The number of rotatable bonds is 2. The van der Waals surface area contributed by atoms with Gasteiger partial charge < -0.3 is 5.32 Å². The van der Waals surface area contributed by atoms with Gasteiger partial charge in [0.1, 0.15) is 0 Å². The summed E-state index contributed by atoms with van der Waals surface area (Å²) in [4.78, 5) is 4.77. The highest BCUT2D eigenvalue weighted by atomic mass is 32.2. The summed E-state index contributed by atoms with van der Waals surface area (Å²) in [6, 6.07) is 0. The smallest absolute Gasteiger partial charge is 0.156 e. The molecule has 0 aromatic rings. The van der Waals surface area contributed by atoms with E-state index in [0.717, 1.165) is 13.0 Å². The average Bonchev–Trinajstić information content (AvgIpc) is 2.71. The van der Waals surface area contributed by atoms with E-state index in [1.165, 1.54) is 36.6 Å². The van der Waals surface area contributed by atoms with Crippen molar-refractivity contribution in [1.82, 2.24) is 5.32 Å². The van der Waals surface area contributed by atoms with Crippen LogP contribution in [0.3, 0.4) is 0 Å². The Morgan fingerprint density at radius 3 is 2.56 bits per heavy atom. The number of hydrogen-bond donors (Lipinski definition) is 1. The topological polar surface area (TPSA) is 24.4 Å². The van der Waals surface area contributed by atoms with Crippen molar-refractivity contribution >= 4 is 16.9 Å². The Kier molecular flexibility index (Phi) is 3.53. The Bertz CT molecular complexity index is 278. The van der Waals surface area contributed by atoms with Crippen LogP contribution >= 0.6 is 11.8 Å². The zero-order valence-corrected chi connectivity index (χ0v) is 11.6. The van der Waals surface area contributed by atoms with Crippen molar-refractivity contribution in [3.63, 3.8) is 0 Å². The molecule has 1 spiro atoms. The second-order valence-electron chi connectivity index (χ2n) is 5.98. The molecule has 1 N–H and O–H groups in total. The predicted octanol–water partition coefficient (Wildman–Crippen LogP) is 3.43. The fraction of sp³-hybridized carbons (Fsp3) is 0.923. The third-order valence-electron chi connectivity index (χ3n) is 4.07. The van der Waals surface area contributed by atoms with E-state index in [2.05, 4.69) is 26.1 Å². The molecule has 92 valence electrons. The van der Waals surface area contributed by atoms with Crippen LogP contribution in [0.1, 0.15) is 52.9 Å². The second kappa shape index (κ2) is 4.59. The molecule has 0 bridgehead atoms. The van der Waals surface area contributed by atoms with Gasteiger partial charge in [-0.15, -0.1) is 0 Å². The van der Waals surface area contributed by atoms with Crippen LogP contribution in [0.25, 0.3) is 0 Å². The van der Waals surface area contributed by atoms with E-state index < -0.39 is 0 Å². The highest BCUT2D eigenvalue weighted by molar-refractivity contribution is 8.13. The maximum atomic E-state index is 4.77. The van der Waals surface area contributed by atoms with Gasteiger partial charge in [-0.2, -0.15) is 0 Å². The van der Waals surface area contributed by atoms with Gasteiger partial charge in [0.05, 0.1) is 0 Å². The third kappa shape index (κ3) is 2.73. The summed E-state index contributed by atoms with van der Waals surface area (Å²) in [6.07, 6.45) is 6.76. The molecule has 0 aromatic carbocycles. The van der Waals surface area contributed by atoms with Gasteiger partial charge in [0.25, 0.3) is 0 Å². The van der Waals surface area contributed by atoms with Crippen LogP contribution in [-0.2, 0) is 0 Å². The van der Waals surface area contributed by atoms with Crippen LogP contribution in [0.15, 0.2) is 4.99 Å². The van der Waals surface area contributed by atoms with Crippen LogP contribution in [0.5, 0.6) is 0 Å². The number of nitrogens with zero attached hydrogens (tertiary/aromatic N) is 1. The van der Waals surface area contributed by atoms with E-state index in [4.69, 9.17) is 4.99 Å². The summed E-state index contributed by atoms with van der Waals surface area (Å²) in [5.41, 5.74) is 0.748. The van der Waals surface area contributed by atoms with E-state index in [1.807, 2.05) is 11.8 Å². The summed E-state index contributed by atoms with van der Waals surface area (Å²) in [7, 11) is 0. The fourth-order valence-electron chi connectivity index (χ4n) is 2.43. The van der Waals surface area contributed by atoms with Crippen molar-refractivity contribution in [2.75, 3.05) is 12.3 Å². The van der Waals surface area contributed by atoms with Crippen LogP contribution < -0.4 is 5.32 Å². The molecule has 0 unspecified atom stereocenters. The van der Waals surface area contributed by atoms with Gasteiger partial charge >= 0.3 is 0 Å². The van der Waals surface area contributed by atoms with Gasteiger partial charge in [-0.05, 0) is 38.5 Å². The summed E-state index contributed by atoms with van der Waals surface area (Å²) in [5, 5.41) is 4.73. The highest BCUT2D eigenvalue weighted by Crippen LogP contribution is 2.43. The van der Waals surface area contributed by atoms with E-state index >= 15 is 0 Å². The first-order valence-electron chi connectivity index (χ1n) is 6.51. The van der Waals surface area contributed by atoms with Crippen LogP contribution in [0.2, 0.25) is 0 Å². The molecule has 0 amide bonds. The van der Waals surface area contributed by atoms with Gasteiger partial charge in [-0.25, -0.2) is 0 Å². The Labute approximate surface area is 104 Å². The molecule has 0 radical (unpaired) electrons. The standard InChI is InChI=1S/C13H24N2S/c1-4-12(2,3)15-11-14-9-13(10-16-11)7-5-6-8-13/h4-10H2,1-3H3,(H,14,15). The number of aliphatic imine (C=N–C) groups is 1. The maximum Gasteiger partial charge on any atom is 0.156 e. The summed E-state index contributed by atoms with van der Waals surface area (Å²) in [6.45, 7) is 7.77. The fourth-order valence-corrected chi connectivity index (χ4v) is 3.76. The van der Waals surface area contributed by atoms with Crippen molar-refractivity contribution in [2.24, 2.45) is 10.4 Å². The minimum Gasteiger partial charge on any atom is -0.360 e. The van der Waals surface area contributed by atoms with Gasteiger partial charge in [0.2, 0.25) is 0 Å². The van der Waals surface area contributed by atoms with Crippen molar-refractivity contribution in [3.8, 4) is 0 Å². The lowest BCUT2D eigenvalue weighted by Gasteiger charge is -2.34. The lowest BCUT2D eigenvalue weighted by molar-refractivity contribution is 0.356. The molecule has 2 aliphatic rings. The van der Waals surface area contributed by atoms with Crippen molar-refractivity contribution in [2.45, 2.75) is 58.4 Å². The molecule has 1 fully saturated rings. The molecule has 16 heavy (non-hydrogen) atoms. The van der Waals surface area contributed by atoms with E-state index in [0.29, 0.717) is 5.41 Å². The number of nitrogens with one attached hydrogen (secondary N) is 1. The summed E-state index contributed by atoms with van der Waals surface area (Å²) in [5.74, 6) is 1.28. The molecule has 3 heteroatoms. The first-order chi connectivity index (χ1) is 7.55. The Morgan fingerprint density at radius 1 is 1.38 bits per heavy atom. The van der Waals surface area contributed by atoms with Crippen molar-refractivity contribution < 1.29 is 0 Å². The second-order valence-corrected chi connectivity index (χ2v) is 6.94. The normalized spacial score (nSPS) is 24.6. The monoisotopic (exact) mass is 240 g/mol. The van der Waals surface area contributed by atoms with Gasteiger partial charge in [0.15, 0.2) is 5.17 Å². The molecule has 1 heterocycles. The molecular formula is C13H24N2S. The molecule has 0 atom stereocenters. The summed E-state index contributed by atoms with van der Waals surface area (Å²) >= 11 is 1.94. The number of thioether (sulfide) groups is 1. The van der Waals surface area contributed by atoms with Gasteiger partial charge in [-0.1, -0.05) is 31.5 Å². The Morgan fingerprint density at radius 2 is 2.06 bits per heavy atom. The molecule has 1 saturated carbocycles. The lowest BCUT2D eigenvalue weighted by atomic mass is 9.89. The van der Waals surface area contributed by atoms with Crippen LogP contribution in [-0.4, -0.2) is 23.0 Å². The first-order valence-corrected chi connectivity index (χ1v) is 7.49. The molecule has 1 aliphatic heterocycles. The maximum absolute atomic E-state index is 4.77. The Balaban J connectivity index is 1.93. The lowest BCUT2D eigenvalue weighted by Crippen LogP contribution is -2.44.